The van der Waals surface area contributed by atoms with Crippen LogP contribution in [0.4, 0.5) is 17.1 Å². The largest absolute Gasteiger partial charge is 0.453 e. The maximum atomic E-state index is 6.96. The molecular weight excluding hydrogens is 611 g/mol. The lowest BCUT2D eigenvalue weighted by molar-refractivity contribution is 0.660. The highest BCUT2D eigenvalue weighted by atomic mass is 16.3. The summed E-state index contributed by atoms with van der Waals surface area (Å²) in [7, 11) is 0. The van der Waals surface area contributed by atoms with Crippen molar-refractivity contribution in [2.45, 2.75) is 19.3 Å². The first-order valence-corrected chi connectivity index (χ1v) is 17.3. The summed E-state index contributed by atoms with van der Waals surface area (Å²) in [5.74, 6) is 0. The second-order valence-electron chi connectivity index (χ2n) is 14.1. The molecule has 0 aliphatic heterocycles. The average molecular weight is 642 g/mol. The Balaban J connectivity index is 1.23. The molecule has 8 aromatic carbocycles. The van der Waals surface area contributed by atoms with Gasteiger partial charge < -0.3 is 13.7 Å². The monoisotopic (exact) mass is 641 g/mol. The van der Waals surface area contributed by atoms with Crippen LogP contribution in [0.2, 0.25) is 0 Å². The van der Waals surface area contributed by atoms with Gasteiger partial charge in [0.1, 0.15) is 11.2 Å². The molecule has 3 heteroatoms. The second-order valence-corrected chi connectivity index (χ2v) is 14.1. The molecule has 1 aliphatic carbocycles. The van der Waals surface area contributed by atoms with Crippen LogP contribution in [0.3, 0.4) is 0 Å². The van der Waals surface area contributed by atoms with E-state index in [9.17, 15) is 0 Å². The smallest absolute Gasteiger partial charge is 0.159 e. The van der Waals surface area contributed by atoms with Crippen LogP contribution in [0.5, 0.6) is 0 Å². The first kappa shape index (κ1) is 27.6. The molecule has 0 bridgehead atoms. The van der Waals surface area contributed by atoms with E-state index in [0.717, 1.165) is 82.5 Å². The van der Waals surface area contributed by atoms with Crippen molar-refractivity contribution >= 4 is 82.5 Å². The molecule has 3 nitrogen and oxygen atoms in total. The van der Waals surface area contributed by atoms with Crippen LogP contribution < -0.4 is 4.90 Å². The molecule has 0 saturated carbocycles. The van der Waals surface area contributed by atoms with Crippen LogP contribution in [0.25, 0.3) is 76.5 Å². The van der Waals surface area contributed by atoms with Gasteiger partial charge in [0.2, 0.25) is 0 Å². The molecular formula is C47H31NO2. The molecule has 0 saturated heterocycles. The summed E-state index contributed by atoms with van der Waals surface area (Å²) in [5.41, 5.74) is 11.6. The summed E-state index contributed by atoms with van der Waals surface area (Å²) in [6, 6.07) is 54.4. The van der Waals surface area contributed by atoms with Gasteiger partial charge in [-0.2, -0.15) is 0 Å². The molecule has 2 heterocycles. The quantitative estimate of drug-likeness (QED) is 0.192. The van der Waals surface area contributed by atoms with E-state index < -0.39 is 0 Å². The highest BCUT2D eigenvalue weighted by Gasteiger charge is 2.36. The summed E-state index contributed by atoms with van der Waals surface area (Å²) < 4.78 is 13.9. The van der Waals surface area contributed by atoms with E-state index in [-0.39, 0.29) is 5.41 Å². The maximum Gasteiger partial charge on any atom is 0.159 e. The molecule has 236 valence electrons. The highest BCUT2D eigenvalue weighted by Crippen LogP contribution is 2.52. The first-order valence-electron chi connectivity index (χ1n) is 17.3. The fraction of sp³-hybridized carbons (Fsp3) is 0.0638. The lowest BCUT2D eigenvalue weighted by Crippen LogP contribution is -2.16. The van der Waals surface area contributed by atoms with Crippen LogP contribution in [-0.4, -0.2) is 0 Å². The van der Waals surface area contributed by atoms with E-state index in [0.29, 0.717) is 0 Å². The van der Waals surface area contributed by atoms with Crippen molar-refractivity contribution < 1.29 is 8.83 Å². The van der Waals surface area contributed by atoms with Gasteiger partial charge in [-0.1, -0.05) is 129 Å². The average Bonchev–Trinajstić information content (AvgIpc) is 3.81. The molecule has 2 aromatic heterocycles. The third-order valence-corrected chi connectivity index (χ3v) is 11.0. The number of benzene rings is 8. The molecule has 0 amide bonds. The normalized spacial score (nSPS) is 13.6. The van der Waals surface area contributed by atoms with Gasteiger partial charge in [0.15, 0.2) is 11.2 Å². The standard InChI is InChI=1S/C47H31NO2/c1-47(2)39-18-8-7-15-33(39)34-26-23-30(27-40(34)47)48(41-19-9-16-35-37-24-21-28-11-3-5-13-31(28)43(37)49-45(35)41)42-20-10-17-36-38-25-22-29-12-4-6-14-32(29)44(38)50-46(36)42/h3-27H,1-2H3. The van der Waals surface area contributed by atoms with Gasteiger partial charge in [-0.05, 0) is 69.4 Å². The summed E-state index contributed by atoms with van der Waals surface area (Å²) in [6.45, 7) is 4.67. The van der Waals surface area contributed by atoms with Gasteiger partial charge in [0.25, 0.3) is 0 Å². The lowest BCUT2D eigenvalue weighted by atomic mass is 9.82. The first-order chi connectivity index (χ1) is 24.6. The summed E-state index contributed by atoms with van der Waals surface area (Å²) >= 11 is 0. The Bertz CT molecular complexity index is 2880. The lowest BCUT2D eigenvalue weighted by Gasteiger charge is -2.28. The fourth-order valence-electron chi connectivity index (χ4n) is 8.61. The fourth-order valence-corrected chi connectivity index (χ4v) is 8.61. The van der Waals surface area contributed by atoms with Crippen molar-refractivity contribution in [3.8, 4) is 11.1 Å². The molecule has 10 aromatic rings. The van der Waals surface area contributed by atoms with Crippen LogP contribution in [0, 0.1) is 0 Å². The van der Waals surface area contributed by atoms with Crippen LogP contribution in [0.15, 0.2) is 160 Å². The van der Waals surface area contributed by atoms with Crippen LogP contribution in [0.1, 0.15) is 25.0 Å². The van der Waals surface area contributed by atoms with E-state index in [1.807, 2.05) is 0 Å². The molecule has 0 spiro atoms. The zero-order chi connectivity index (χ0) is 33.1. The number of furan rings is 2. The van der Waals surface area contributed by atoms with Crippen molar-refractivity contribution in [3.63, 3.8) is 0 Å². The Morgan fingerprint density at radius 2 is 0.900 bits per heavy atom. The minimum absolute atomic E-state index is 0.151. The van der Waals surface area contributed by atoms with E-state index >= 15 is 0 Å². The maximum absolute atomic E-state index is 6.96. The van der Waals surface area contributed by atoms with Crippen molar-refractivity contribution in [2.24, 2.45) is 0 Å². The number of hydrogen-bond acceptors (Lipinski definition) is 3. The molecule has 50 heavy (non-hydrogen) atoms. The molecule has 11 rings (SSSR count). The third-order valence-electron chi connectivity index (χ3n) is 11.0. The van der Waals surface area contributed by atoms with Crippen molar-refractivity contribution in [2.75, 3.05) is 4.90 Å². The van der Waals surface area contributed by atoms with Gasteiger partial charge in [0, 0.05) is 43.4 Å². The molecule has 0 radical (unpaired) electrons. The Kier molecular flexibility index (Phi) is 5.45. The zero-order valence-electron chi connectivity index (χ0n) is 27.7. The molecule has 0 fully saturated rings. The minimum atomic E-state index is -0.151. The minimum Gasteiger partial charge on any atom is -0.453 e. The van der Waals surface area contributed by atoms with Crippen molar-refractivity contribution in [1.82, 2.24) is 0 Å². The van der Waals surface area contributed by atoms with Crippen molar-refractivity contribution in [1.29, 1.82) is 0 Å². The number of fused-ring (bicyclic) bond motifs is 13. The van der Waals surface area contributed by atoms with Crippen LogP contribution in [-0.2, 0) is 5.41 Å². The topological polar surface area (TPSA) is 29.5 Å². The highest BCUT2D eigenvalue weighted by molar-refractivity contribution is 6.20. The Labute approximate surface area is 288 Å². The van der Waals surface area contributed by atoms with E-state index in [4.69, 9.17) is 8.83 Å². The Morgan fingerprint density at radius 1 is 0.400 bits per heavy atom. The molecule has 0 atom stereocenters. The van der Waals surface area contributed by atoms with E-state index in [1.165, 1.54) is 22.3 Å². The predicted molar refractivity (Wildman–Crippen MR) is 208 cm³/mol. The second kappa shape index (κ2) is 9.87. The van der Waals surface area contributed by atoms with E-state index in [1.54, 1.807) is 0 Å². The third kappa shape index (κ3) is 3.64. The number of para-hydroxylation sites is 2. The van der Waals surface area contributed by atoms with E-state index in [2.05, 4.69) is 170 Å². The number of anilines is 3. The number of rotatable bonds is 3. The SMILES string of the molecule is CC1(C)c2ccccc2-c2ccc(N(c3cccc4c3oc3c5ccccc5ccc43)c3cccc4c3oc3c5ccccc5ccc43)cc21. The molecule has 1 aliphatic rings. The zero-order valence-corrected chi connectivity index (χ0v) is 27.7. The number of hydrogen-bond donors (Lipinski definition) is 0. The summed E-state index contributed by atoms with van der Waals surface area (Å²) in [6.07, 6.45) is 0. The Morgan fingerprint density at radius 3 is 1.52 bits per heavy atom. The Hall–Kier alpha value is -6.32. The van der Waals surface area contributed by atoms with Crippen LogP contribution >= 0.6 is 0 Å². The predicted octanol–water partition coefficient (Wildman–Crippen LogP) is 13.6. The van der Waals surface area contributed by atoms with Gasteiger partial charge in [0.05, 0.1) is 11.4 Å². The van der Waals surface area contributed by atoms with Gasteiger partial charge in [-0.25, -0.2) is 0 Å². The summed E-state index contributed by atoms with van der Waals surface area (Å²) in [5, 5.41) is 8.95. The van der Waals surface area contributed by atoms with Gasteiger partial charge in [-0.15, -0.1) is 0 Å². The number of nitrogens with zero attached hydrogens (tertiary/aromatic N) is 1. The molecule has 0 N–H and O–H groups in total. The summed E-state index contributed by atoms with van der Waals surface area (Å²) in [4.78, 5) is 2.35. The van der Waals surface area contributed by atoms with Crippen molar-refractivity contribution in [3.05, 3.63) is 163 Å². The van der Waals surface area contributed by atoms with Gasteiger partial charge >= 0.3 is 0 Å². The van der Waals surface area contributed by atoms with Gasteiger partial charge in [-0.3, -0.25) is 0 Å². The molecule has 0 unspecified atom stereocenters.